The number of thiocarbonyl (C=S) groups is 1. The molecule has 4 amide bonds. The minimum atomic E-state index is -0.534. The summed E-state index contributed by atoms with van der Waals surface area (Å²) in [6.07, 6.45) is 4.22. The molecule has 0 spiro atoms. The third-order valence-electron chi connectivity index (χ3n) is 5.50. The van der Waals surface area contributed by atoms with E-state index in [1.54, 1.807) is 12.1 Å². The predicted octanol–water partition coefficient (Wildman–Crippen LogP) is 2.14. The average Bonchev–Trinajstić information content (AvgIpc) is 2.84. The fourth-order valence-corrected chi connectivity index (χ4v) is 4.01. The Balaban J connectivity index is 0.00000631. The second-order valence-corrected chi connectivity index (χ2v) is 8.82. The topological polar surface area (TPSA) is 155 Å². The third kappa shape index (κ3) is 17.0. The molecular weight excluding hydrogens is 492 g/mol. The maximum Gasteiger partial charge on any atom is 0.224 e. The third-order valence-corrected chi connectivity index (χ3v) is 5.59. The normalized spacial score (nSPS) is 10.2. The number of aliphatic imine (C=N–C) groups is 1. The van der Waals surface area contributed by atoms with Gasteiger partial charge in [-0.3, -0.25) is 19.2 Å². The molecule has 1 aromatic carbocycles. The zero-order valence-electron chi connectivity index (χ0n) is 22.4. The molecular formula is C26H42N6O4S. The zero-order chi connectivity index (χ0) is 28.1. The molecule has 0 aliphatic carbocycles. The van der Waals surface area contributed by atoms with Crippen molar-refractivity contribution in [3.8, 4) is 0 Å². The Morgan fingerprint density at radius 1 is 0.811 bits per heavy atom. The summed E-state index contributed by atoms with van der Waals surface area (Å²) < 4.78 is 0. The van der Waals surface area contributed by atoms with E-state index in [0.717, 1.165) is 5.56 Å². The van der Waals surface area contributed by atoms with Crippen LogP contribution in [0.1, 0.15) is 64.9 Å². The quantitative estimate of drug-likeness (QED) is 0.124. The van der Waals surface area contributed by atoms with Crippen molar-refractivity contribution >= 4 is 46.7 Å². The second-order valence-electron chi connectivity index (χ2n) is 8.63. The Morgan fingerprint density at radius 2 is 1.22 bits per heavy atom. The number of carbonyl (C=O) groups is 4. The molecule has 6 N–H and O–H groups in total. The van der Waals surface area contributed by atoms with Crippen LogP contribution < -0.4 is 27.0 Å². The summed E-state index contributed by atoms with van der Waals surface area (Å²) >= 11 is 4.62. The van der Waals surface area contributed by atoms with Crippen LogP contribution in [0.15, 0.2) is 29.3 Å². The first-order valence-electron chi connectivity index (χ1n) is 12.4. The SMILES string of the molecule is CC(=O)NCCCC(CCCNC(C)=O)(CCCNC(C)=O)NC(=O)Cc1ccc(N=C=S)cc1.CN. The number of rotatable bonds is 16. The maximum atomic E-state index is 13.1. The number of benzene rings is 1. The van der Waals surface area contributed by atoms with E-state index in [2.05, 4.69) is 49.4 Å². The highest BCUT2D eigenvalue weighted by molar-refractivity contribution is 7.78. The van der Waals surface area contributed by atoms with Gasteiger partial charge in [0.25, 0.3) is 0 Å². The number of hydrogen-bond acceptors (Lipinski definition) is 7. The van der Waals surface area contributed by atoms with Crippen molar-refractivity contribution in [2.24, 2.45) is 10.7 Å². The number of nitrogens with one attached hydrogen (secondary N) is 4. The van der Waals surface area contributed by atoms with Crippen molar-refractivity contribution in [1.82, 2.24) is 21.3 Å². The van der Waals surface area contributed by atoms with E-state index in [9.17, 15) is 19.2 Å². The van der Waals surface area contributed by atoms with Gasteiger partial charge < -0.3 is 27.0 Å². The van der Waals surface area contributed by atoms with Gasteiger partial charge in [-0.15, -0.1) is 0 Å². The monoisotopic (exact) mass is 534 g/mol. The Morgan fingerprint density at radius 3 is 1.57 bits per heavy atom. The number of carbonyl (C=O) groups excluding carboxylic acids is 4. The Bertz CT molecular complexity index is 846. The zero-order valence-corrected chi connectivity index (χ0v) is 23.3. The summed E-state index contributed by atoms with van der Waals surface area (Å²) in [5, 5.41) is 14.0. The summed E-state index contributed by atoms with van der Waals surface area (Å²) in [6, 6.07) is 7.22. The lowest BCUT2D eigenvalue weighted by molar-refractivity contribution is -0.123. The molecule has 11 heteroatoms. The van der Waals surface area contributed by atoms with Crippen LogP contribution in [0, 0.1) is 0 Å². The molecule has 0 radical (unpaired) electrons. The molecule has 0 saturated heterocycles. The van der Waals surface area contributed by atoms with Crippen molar-refractivity contribution < 1.29 is 19.2 Å². The predicted molar refractivity (Wildman–Crippen MR) is 150 cm³/mol. The lowest BCUT2D eigenvalue weighted by Crippen LogP contribution is -2.50. The first-order chi connectivity index (χ1) is 17.7. The van der Waals surface area contributed by atoms with E-state index in [1.807, 2.05) is 12.1 Å². The highest BCUT2D eigenvalue weighted by Gasteiger charge is 2.30. The van der Waals surface area contributed by atoms with E-state index < -0.39 is 5.54 Å². The van der Waals surface area contributed by atoms with Crippen molar-refractivity contribution in [3.63, 3.8) is 0 Å². The van der Waals surface area contributed by atoms with E-state index in [4.69, 9.17) is 0 Å². The van der Waals surface area contributed by atoms with Crippen LogP contribution in [-0.2, 0) is 25.6 Å². The molecule has 10 nitrogen and oxygen atoms in total. The average molecular weight is 535 g/mol. The first kappa shape index (κ1) is 33.9. The van der Waals surface area contributed by atoms with E-state index in [0.29, 0.717) is 63.8 Å². The van der Waals surface area contributed by atoms with Crippen LogP contribution in [0.5, 0.6) is 0 Å². The van der Waals surface area contributed by atoms with Gasteiger partial charge in [-0.25, -0.2) is 0 Å². The molecule has 0 heterocycles. The summed E-state index contributed by atoms with van der Waals surface area (Å²) in [6.45, 7) is 5.93. The van der Waals surface area contributed by atoms with E-state index >= 15 is 0 Å². The molecule has 0 unspecified atom stereocenters. The van der Waals surface area contributed by atoms with Gasteiger partial charge in [-0.05, 0) is 75.5 Å². The molecule has 0 bridgehead atoms. The molecule has 0 saturated carbocycles. The van der Waals surface area contributed by atoms with Gasteiger partial charge in [0.2, 0.25) is 23.6 Å². The number of amides is 4. The van der Waals surface area contributed by atoms with Gasteiger partial charge in [0.15, 0.2) is 0 Å². The lowest BCUT2D eigenvalue weighted by atomic mass is 9.83. The number of nitrogens with two attached hydrogens (primary N) is 1. The van der Waals surface area contributed by atoms with Gasteiger partial charge in [0.05, 0.1) is 17.3 Å². The van der Waals surface area contributed by atoms with Crippen LogP contribution in [0.25, 0.3) is 0 Å². The van der Waals surface area contributed by atoms with Crippen LogP contribution in [-0.4, -0.2) is 61.0 Å². The van der Waals surface area contributed by atoms with E-state index in [1.165, 1.54) is 27.8 Å². The molecule has 0 aliphatic rings. The number of isothiocyanates is 1. The van der Waals surface area contributed by atoms with Crippen molar-refractivity contribution in [3.05, 3.63) is 29.8 Å². The molecule has 1 rings (SSSR count). The summed E-state index contributed by atoms with van der Waals surface area (Å²) in [5.41, 5.74) is 5.48. The molecule has 206 valence electrons. The van der Waals surface area contributed by atoms with Crippen LogP contribution in [0.2, 0.25) is 0 Å². The highest BCUT2D eigenvalue weighted by Crippen LogP contribution is 2.26. The standard InChI is InChI=1S/C25H37N5O4S.CH5N/c1-19(31)26-14-4-11-25(12-5-15-27-20(2)32,13-6-16-28-21(3)33)30-24(34)17-22-7-9-23(10-8-22)29-18-35;1-2/h7-10H,4-6,11-17H2,1-3H3,(H,26,31)(H,27,32)(H,28,33)(H,30,34);2H2,1H3. The minimum Gasteiger partial charge on any atom is -0.356 e. The molecule has 0 fully saturated rings. The van der Waals surface area contributed by atoms with Crippen LogP contribution >= 0.6 is 12.2 Å². The molecule has 0 atom stereocenters. The minimum absolute atomic E-state index is 0.0997. The van der Waals surface area contributed by atoms with Crippen molar-refractivity contribution in [2.45, 2.75) is 71.3 Å². The van der Waals surface area contributed by atoms with Crippen molar-refractivity contribution in [2.75, 3.05) is 26.7 Å². The fourth-order valence-electron chi connectivity index (χ4n) is 3.90. The molecule has 0 aromatic heterocycles. The van der Waals surface area contributed by atoms with Gasteiger partial charge in [0.1, 0.15) is 0 Å². The van der Waals surface area contributed by atoms with Gasteiger partial charge in [0, 0.05) is 45.9 Å². The Labute approximate surface area is 225 Å². The highest BCUT2D eigenvalue weighted by atomic mass is 32.1. The van der Waals surface area contributed by atoms with Gasteiger partial charge in [-0.2, -0.15) is 4.99 Å². The van der Waals surface area contributed by atoms with Gasteiger partial charge in [-0.1, -0.05) is 12.1 Å². The second kappa shape index (κ2) is 20.0. The summed E-state index contributed by atoms with van der Waals surface area (Å²) in [4.78, 5) is 50.9. The molecule has 1 aromatic rings. The lowest BCUT2D eigenvalue weighted by Gasteiger charge is -2.36. The first-order valence-corrected chi connectivity index (χ1v) is 12.9. The number of nitrogens with zero attached hydrogens (tertiary/aromatic N) is 1. The summed E-state index contributed by atoms with van der Waals surface area (Å²) in [7, 11) is 1.50. The largest absolute Gasteiger partial charge is 0.356 e. The summed E-state index contributed by atoms with van der Waals surface area (Å²) in [5.74, 6) is -0.415. The molecule has 0 aliphatic heterocycles. The van der Waals surface area contributed by atoms with Crippen LogP contribution in [0.3, 0.4) is 0 Å². The van der Waals surface area contributed by atoms with Crippen molar-refractivity contribution in [1.29, 1.82) is 0 Å². The maximum absolute atomic E-state index is 13.1. The molecule has 37 heavy (non-hydrogen) atoms. The number of hydrogen-bond donors (Lipinski definition) is 5. The van der Waals surface area contributed by atoms with Gasteiger partial charge >= 0.3 is 0 Å². The smallest absolute Gasteiger partial charge is 0.224 e. The fraction of sp³-hybridized carbons (Fsp3) is 0.577. The van der Waals surface area contributed by atoms with Crippen LogP contribution in [0.4, 0.5) is 5.69 Å². The Hall–Kier alpha value is -3.14. The van der Waals surface area contributed by atoms with E-state index in [-0.39, 0.29) is 30.0 Å². The Kier molecular flexibility index (Phi) is 18.3.